The molecule has 1 N–H and O–H groups in total. The van der Waals surface area contributed by atoms with E-state index in [1.54, 1.807) is 0 Å². The lowest BCUT2D eigenvalue weighted by atomic mass is 10.0. The SMILES string of the molecule is [C-]#[N+]c1ccc(-c2c(C)c(CO)n(Cc3ccc(C#N)cc3)c2C)cc1. The summed E-state index contributed by atoms with van der Waals surface area (Å²) >= 11 is 0. The summed E-state index contributed by atoms with van der Waals surface area (Å²) < 4.78 is 2.12. The molecule has 3 aromatic rings. The van der Waals surface area contributed by atoms with E-state index in [0.717, 1.165) is 33.6 Å². The summed E-state index contributed by atoms with van der Waals surface area (Å²) in [5.41, 5.74) is 7.48. The van der Waals surface area contributed by atoms with Gasteiger partial charge in [-0.2, -0.15) is 5.26 Å². The number of aliphatic hydroxyl groups is 1. The minimum atomic E-state index is -0.0386. The van der Waals surface area contributed by atoms with Crippen LogP contribution in [0, 0.1) is 31.8 Å². The van der Waals surface area contributed by atoms with Crippen molar-refractivity contribution in [1.82, 2.24) is 4.57 Å². The topological polar surface area (TPSA) is 53.3 Å². The second-order valence-corrected chi connectivity index (χ2v) is 6.24. The molecule has 1 heterocycles. The Bertz CT molecular complexity index is 1010. The number of hydrogen-bond donors (Lipinski definition) is 1. The molecule has 0 amide bonds. The highest BCUT2D eigenvalue weighted by Gasteiger charge is 2.18. The fraction of sp³-hybridized carbons (Fsp3) is 0.182. The third-order valence-corrected chi connectivity index (χ3v) is 4.76. The Labute approximate surface area is 153 Å². The van der Waals surface area contributed by atoms with Gasteiger partial charge in [-0.25, -0.2) is 4.85 Å². The highest BCUT2D eigenvalue weighted by molar-refractivity contribution is 5.73. The van der Waals surface area contributed by atoms with E-state index in [1.165, 1.54) is 0 Å². The Hall–Kier alpha value is -3.34. The smallest absolute Gasteiger partial charge is 0.187 e. The van der Waals surface area contributed by atoms with E-state index in [2.05, 4.69) is 15.5 Å². The zero-order chi connectivity index (χ0) is 18.7. The van der Waals surface area contributed by atoms with Crippen LogP contribution in [-0.2, 0) is 13.2 Å². The summed E-state index contributed by atoms with van der Waals surface area (Å²) in [5.74, 6) is 0. The number of hydrogen-bond acceptors (Lipinski definition) is 2. The fourth-order valence-electron chi connectivity index (χ4n) is 3.37. The molecule has 0 aliphatic heterocycles. The molecule has 0 spiro atoms. The summed E-state index contributed by atoms with van der Waals surface area (Å²) in [6.07, 6.45) is 0. The fourth-order valence-corrected chi connectivity index (χ4v) is 3.37. The van der Waals surface area contributed by atoms with Crippen LogP contribution in [-0.4, -0.2) is 9.67 Å². The van der Waals surface area contributed by atoms with Crippen molar-refractivity contribution in [3.05, 3.63) is 88.0 Å². The van der Waals surface area contributed by atoms with Crippen molar-refractivity contribution in [3.8, 4) is 17.2 Å². The van der Waals surface area contributed by atoms with E-state index in [1.807, 2.05) is 62.4 Å². The lowest BCUT2D eigenvalue weighted by Gasteiger charge is -2.11. The van der Waals surface area contributed by atoms with Gasteiger partial charge in [-0.05, 0) is 42.7 Å². The number of benzene rings is 2. The molecule has 4 heteroatoms. The van der Waals surface area contributed by atoms with Gasteiger partial charge < -0.3 is 9.67 Å². The van der Waals surface area contributed by atoms with Crippen molar-refractivity contribution in [2.24, 2.45) is 0 Å². The standard InChI is InChI=1S/C22H19N3O/c1-15-21(14-26)25(13-18-6-4-17(12-23)5-7-18)16(2)22(15)19-8-10-20(24-3)11-9-19/h4-11,26H,13-14H2,1-2H3. The molecule has 0 saturated carbocycles. The molecule has 0 aliphatic rings. The molecule has 0 atom stereocenters. The van der Waals surface area contributed by atoms with Crippen LogP contribution in [0.15, 0.2) is 48.5 Å². The Morgan fingerprint density at radius 1 is 1.08 bits per heavy atom. The number of nitrogens with zero attached hydrogens (tertiary/aromatic N) is 3. The third-order valence-electron chi connectivity index (χ3n) is 4.76. The Morgan fingerprint density at radius 2 is 1.73 bits per heavy atom. The zero-order valence-electron chi connectivity index (χ0n) is 14.8. The molecule has 0 aliphatic carbocycles. The second kappa shape index (κ2) is 7.27. The van der Waals surface area contributed by atoms with Crippen molar-refractivity contribution in [3.63, 3.8) is 0 Å². The van der Waals surface area contributed by atoms with E-state index in [4.69, 9.17) is 11.8 Å². The maximum absolute atomic E-state index is 9.92. The quantitative estimate of drug-likeness (QED) is 0.697. The van der Waals surface area contributed by atoms with E-state index in [9.17, 15) is 5.11 Å². The molecule has 0 fully saturated rings. The number of nitriles is 1. The minimum Gasteiger partial charge on any atom is -0.390 e. The first-order valence-corrected chi connectivity index (χ1v) is 8.35. The Balaban J connectivity index is 2.05. The normalized spacial score (nSPS) is 10.3. The maximum Gasteiger partial charge on any atom is 0.187 e. The lowest BCUT2D eigenvalue weighted by Crippen LogP contribution is -2.07. The zero-order valence-corrected chi connectivity index (χ0v) is 14.8. The number of aromatic nitrogens is 1. The first kappa shape index (κ1) is 17.5. The van der Waals surface area contributed by atoms with Crippen LogP contribution in [0.1, 0.15) is 28.1 Å². The van der Waals surface area contributed by atoms with Crippen LogP contribution >= 0.6 is 0 Å². The van der Waals surface area contributed by atoms with Crippen LogP contribution in [0.4, 0.5) is 5.69 Å². The van der Waals surface area contributed by atoms with Gasteiger partial charge in [-0.3, -0.25) is 0 Å². The molecule has 26 heavy (non-hydrogen) atoms. The molecule has 2 aromatic carbocycles. The molecule has 0 saturated heterocycles. The summed E-state index contributed by atoms with van der Waals surface area (Å²) in [5, 5.41) is 18.9. The van der Waals surface area contributed by atoms with Crippen LogP contribution in [0.2, 0.25) is 0 Å². The highest BCUT2D eigenvalue weighted by atomic mass is 16.3. The predicted molar refractivity (Wildman–Crippen MR) is 102 cm³/mol. The van der Waals surface area contributed by atoms with Crippen LogP contribution < -0.4 is 0 Å². The Kier molecular flexibility index (Phi) is 4.89. The molecule has 128 valence electrons. The predicted octanol–water partition coefficient (Wildman–Crippen LogP) is 4.74. The van der Waals surface area contributed by atoms with E-state index in [0.29, 0.717) is 17.8 Å². The highest BCUT2D eigenvalue weighted by Crippen LogP contribution is 2.33. The van der Waals surface area contributed by atoms with Crippen molar-refractivity contribution in [2.45, 2.75) is 27.0 Å². The monoisotopic (exact) mass is 341 g/mol. The summed E-state index contributed by atoms with van der Waals surface area (Å²) in [4.78, 5) is 3.44. The molecule has 3 rings (SSSR count). The van der Waals surface area contributed by atoms with Gasteiger partial charge in [0.05, 0.1) is 24.8 Å². The largest absolute Gasteiger partial charge is 0.390 e. The number of rotatable bonds is 4. The van der Waals surface area contributed by atoms with Crippen molar-refractivity contribution < 1.29 is 5.11 Å². The van der Waals surface area contributed by atoms with Crippen LogP contribution in [0.25, 0.3) is 16.0 Å². The number of aliphatic hydroxyl groups excluding tert-OH is 1. The first-order valence-electron chi connectivity index (χ1n) is 8.35. The van der Waals surface area contributed by atoms with E-state index >= 15 is 0 Å². The van der Waals surface area contributed by atoms with Gasteiger partial charge in [-0.15, -0.1) is 0 Å². The van der Waals surface area contributed by atoms with E-state index in [-0.39, 0.29) is 6.61 Å². The van der Waals surface area contributed by atoms with E-state index < -0.39 is 0 Å². The van der Waals surface area contributed by atoms with Gasteiger partial charge in [0, 0.05) is 23.5 Å². The van der Waals surface area contributed by atoms with Crippen molar-refractivity contribution in [2.75, 3.05) is 0 Å². The van der Waals surface area contributed by atoms with Gasteiger partial charge >= 0.3 is 0 Å². The Morgan fingerprint density at radius 3 is 2.27 bits per heavy atom. The average Bonchev–Trinajstić information content (AvgIpc) is 2.91. The van der Waals surface area contributed by atoms with Gasteiger partial charge in [-0.1, -0.05) is 36.4 Å². The van der Waals surface area contributed by atoms with Gasteiger partial charge in [0.2, 0.25) is 0 Å². The summed E-state index contributed by atoms with van der Waals surface area (Å²) in [6.45, 7) is 11.8. The molecule has 0 bridgehead atoms. The molecular formula is C22H19N3O. The summed E-state index contributed by atoms with van der Waals surface area (Å²) in [7, 11) is 0. The van der Waals surface area contributed by atoms with Crippen molar-refractivity contribution in [1.29, 1.82) is 5.26 Å². The second-order valence-electron chi connectivity index (χ2n) is 6.24. The molecule has 4 nitrogen and oxygen atoms in total. The van der Waals surface area contributed by atoms with Gasteiger partial charge in [0.15, 0.2) is 5.69 Å². The van der Waals surface area contributed by atoms with Crippen LogP contribution in [0.3, 0.4) is 0 Å². The third kappa shape index (κ3) is 3.11. The molecular weight excluding hydrogens is 322 g/mol. The van der Waals surface area contributed by atoms with Gasteiger partial charge in [0.1, 0.15) is 0 Å². The summed E-state index contributed by atoms with van der Waals surface area (Å²) in [6, 6.07) is 17.2. The minimum absolute atomic E-state index is 0.0386. The average molecular weight is 341 g/mol. The van der Waals surface area contributed by atoms with Crippen LogP contribution in [0.5, 0.6) is 0 Å². The maximum atomic E-state index is 9.92. The first-order chi connectivity index (χ1) is 12.6. The van der Waals surface area contributed by atoms with Crippen molar-refractivity contribution >= 4 is 5.69 Å². The molecule has 0 radical (unpaired) electrons. The van der Waals surface area contributed by atoms with Gasteiger partial charge in [0.25, 0.3) is 0 Å². The molecule has 1 aromatic heterocycles. The lowest BCUT2D eigenvalue weighted by molar-refractivity contribution is 0.270. The molecule has 0 unspecified atom stereocenters.